The summed E-state index contributed by atoms with van der Waals surface area (Å²) in [6.07, 6.45) is 8.69. The van der Waals surface area contributed by atoms with Crippen LogP contribution < -0.4 is 0 Å². The maximum absolute atomic E-state index is 12.2. The molecule has 2 aliphatic carbocycles. The molecule has 0 atom stereocenters. The fourth-order valence-electron chi connectivity index (χ4n) is 3.08. The highest BCUT2D eigenvalue weighted by Crippen LogP contribution is 2.36. The summed E-state index contributed by atoms with van der Waals surface area (Å²) in [7, 11) is 0. The molecule has 1 heteroatoms. The summed E-state index contributed by atoms with van der Waals surface area (Å²) in [4.78, 5) is 12.2. The molecule has 0 unspecified atom stereocenters. The van der Waals surface area contributed by atoms with Gasteiger partial charge in [-0.05, 0) is 37.2 Å². The molecule has 17 heavy (non-hydrogen) atoms. The molecule has 0 bridgehead atoms. The molecular formula is C16H20O. The topological polar surface area (TPSA) is 17.1 Å². The van der Waals surface area contributed by atoms with Crippen molar-refractivity contribution in [2.75, 3.05) is 0 Å². The third kappa shape index (κ3) is 2.15. The van der Waals surface area contributed by atoms with Gasteiger partial charge in [-0.3, -0.25) is 4.79 Å². The summed E-state index contributed by atoms with van der Waals surface area (Å²) in [5.74, 6) is 1.46. The van der Waals surface area contributed by atoms with E-state index in [1.165, 1.54) is 37.7 Å². The first kappa shape index (κ1) is 11.0. The van der Waals surface area contributed by atoms with Gasteiger partial charge in [0.1, 0.15) is 0 Å². The minimum atomic E-state index is 0.310. The number of carbonyl (C=O) groups excluding carboxylic acids is 1. The van der Waals surface area contributed by atoms with E-state index in [-0.39, 0.29) is 0 Å². The molecule has 0 aliphatic heterocycles. The van der Waals surface area contributed by atoms with Crippen LogP contribution >= 0.6 is 0 Å². The van der Waals surface area contributed by atoms with Crippen molar-refractivity contribution in [3.8, 4) is 0 Å². The van der Waals surface area contributed by atoms with Crippen molar-refractivity contribution in [3.05, 3.63) is 35.4 Å². The molecule has 0 spiro atoms. The van der Waals surface area contributed by atoms with Gasteiger partial charge in [-0.15, -0.1) is 0 Å². The predicted molar refractivity (Wildman–Crippen MR) is 69.3 cm³/mol. The first-order chi connectivity index (χ1) is 8.34. The van der Waals surface area contributed by atoms with Crippen molar-refractivity contribution in [1.82, 2.24) is 0 Å². The maximum atomic E-state index is 12.2. The molecule has 2 saturated carbocycles. The maximum Gasteiger partial charge on any atom is 0.165 e. The van der Waals surface area contributed by atoms with Gasteiger partial charge in [0.05, 0.1) is 0 Å². The van der Waals surface area contributed by atoms with Crippen LogP contribution in [0.25, 0.3) is 0 Å². The van der Waals surface area contributed by atoms with Crippen LogP contribution in [0.3, 0.4) is 0 Å². The van der Waals surface area contributed by atoms with Crippen LogP contribution in [0.5, 0.6) is 0 Å². The monoisotopic (exact) mass is 228 g/mol. The van der Waals surface area contributed by atoms with Gasteiger partial charge < -0.3 is 0 Å². The molecule has 0 N–H and O–H groups in total. The molecule has 3 rings (SSSR count). The Bertz CT molecular complexity index is 394. The van der Waals surface area contributed by atoms with E-state index >= 15 is 0 Å². The number of rotatable bonds is 3. The van der Waals surface area contributed by atoms with E-state index in [0.717, 1.165) is 24.3 Å². The number of carbonyl (C=O) groups is 1. The average Bonchev–Trinajstić information content (AvgIpc) is 2.80. The molecule has 90 valence electrons. The second-order valence-corrected chi connectivity index (χ2v) is 5.60. The van der Waals surface area contributed by atoms with Crippen LogP contribution in [-0.2, 0) is 0 Å². The van der Waals surface area contributed by atoms with Gasteiger partial charge in [0.15, 0.2) is 5.78 Å². The fraction of sp³-hybridized carbons (Fsp3) is 0.562. The number of ketones is 1. The van der Waals surface area contributed by atoms with E-state index in [1.54, 1.807) is 0 Å². The highest BCUT2D eigenvalue weighted by atomic mass is 16.1. The van der Waals surface area contributed by atoms with Crippen LogP contribution in [0, 0.1) is 5.92 Å². The summed E-state index contributed by atoms with van der Waals surface area (Å²) in [5.41, 5.74) is 2.36. The fourth-order valence-corrected chi connectivity index (χ4v) is 3.08. The molecule has 1 aromatic rings. The van der Waals surface area contributed by atoms with E-state index < -0.39 is 0 Å². The Morgan fingerprint density at radius 2 is 1.53 bits per heavy atom. The molecule has 1 aromatic carbocycles. The van der Waals surface area contributed by atoms with Gasteiger partial charge in [0, 0.05) is 11.5 Å². The summed E-state index contributed by atoms with van der Waals surface area (Å²) in [6.45, 7) is 0. The predicted octanol–water partition coefficient (Wildman–Crippen LogP) is 4.33. The molecule has 0 radical (unpaired) electrons. The van der Waals surface area contributed by atoms with E-state index in [0.29, 0.717) is 11.7 Å². The van der Waals surface area contributed by atoms with Gasteiger partial charge in [0.25, 0.3) is 0 Å². The van der Waals surface area contributed by atoms with Gasteiger partial charge in [-0.25, -0.2) is 0 Å². The number of hydrogen-bond acceptors (Lipinski definition) is 1. The van der Waals surface area contributed by atoms with Crippen LogP contribution in [0.4, 0.5) is 0 Å². The van der Waals surface area contributed by atoms with Crippen molar-refractivity contribution >= 4 is 5.78 Å². The lowest BCUT2D eigenvalue weighted by Crippen LogP contribution is -2.12. The lowest BCUT2D eigenvalue weighted by atomic mass is 9.79. The zero-order chi connectivity index (χ0) is 11.7. The summed E-state index contributed by atoms with van der Waals surface area (Å²) in [5, 5.41) is 0. The normalized spacial score (nSPS) is 21.4. The lowest BCUT2D eigenvalue weighted by molar-refractivity contribution is 0.0923. The Morgan fingerprint density at radius 3 is 2.06 bits per heavy atom. The standard InChI is InChI=1S/C16H20O/c17-16(14-4-1-2-5-14)15-10-8-13(9-11-15)12-6-3-7-12/h8-12,14H,1-7H2. The quantitative estimate of drug-likeness (QED) is 0.704. The van der Waals surface area contributed by atoms with Crippen molar-refractivity contribution in [1.29, 1.82) is 0 Å². The number of benzene rings is 1. The molecular weight excluding hydrogens is 208 g/mol. The van der Waals surface area contributed by atoms with Crippen molar-refractivity contribution in [3.63, 3.8) is 0 Å². The van der Waals surface area contributed by atoms with Gasteiger partial charge >= 0.3 is 0 Å². The Balaban J connectivity index is 1.72. The third-order valence-electron chi connectivity index (χ3n) is 4.50. The first-order valence-corrected chi connectivity index (χ1v) is 6.99. The highest BCUT2D eigenvalue weighted by molar-refractivity contribution is 5.98. The lowest BCUT2D eigenvalue weighted by Gasteiger charge is -2.25. The second kappa shape index (κ2) is 4.64. The molecule has 0 amide bonds. The minimum Gasteiger partial charge on any atom is -0.294 e. The van der Waals surface area contributed by atoms with E-state index in [2.05, 4.69) is 12.1 Å². The van der Waals surface area contributed by atoms with E-state index in [1.807, 2.05) is 12.1 Å². The summed E-state index contributed by atoms with van der Waals surface area (Å²) >= 11 is 0. The third-order valence-corrected chi connectivity index (χ3v) is 4.50. The second-order valence-electron chi connectivity index (χ2n) is 5.60. The van der Waals surface area contributed by atoms with Crippen molar-refractivity contribution in [2.45, 2.75) is 50.9 Å². The Kier molecular flexibility index (Phi) is 3.00. The molecule has 2 fully saturated rings. The van der Waals surface area contributed by atoms with E-state index in [4.69, 9.17) is 0 Å². The molecule has 2 aliphatic rings. The van der Waals surface area contributed by atoms with Gasteiger partial charge in [0.2, 0.25) is 0 Å². The smallest absolute Gasteiger partial charge is 0.165 e. The van der Waals surface area contributed by atoms with Crippen LogP contribution in [0.1, 0.15) is 66.8 Å². The van der Waals surface area contributed by atoms with Crippen molar-refractivity contribution in [2.24, 2.45) is 5.92 Å². The minimum absolute atomic E-state index is 0.310. The highest BCUT2D eigenvalue weighted by Gasteiger charge is 2.24. The Hall–Kier alpha value is -1.11. The number of Topliss-reactive ketones (excluding diaryl/α,β-unsaturated/α-hetero) is 1. The molecule has 0 aromatic heterocycles. The summed E-state index contributed by atoms with van der Waals surface area (Å²) in [6, 6.07) is 8.45. The van der Waals surface area contributed by atoms with Crippen LogP contribution in [0.2, 0.25) is 0 Å². The van der Waals surface area contributed by atoms with Crippen LogP contribution in [-0.4, -0.2) is 5.78 Å². The largest absolute Gasteiger partial charge is 0.294 e. The average molecular weight is 228 g/mol. The van der Waals surface area contributed by atoms with Gasteiger partial charge in [-0.2, -0.15) is 0 Å². The van der Waals surface area contributed by atoms with Crippen molar-refractivity contribution < 1.29 is 4.79 Å². The Morgan fingerprint density at radius 1 is 0.882 bits per heavy atom. The first-order valence-electron chi connectivity index (χ1n) is 6.99. The number of hydrogen-bond donors (Lipinski definition) is 0. The van der Waals surface area contributed by atoms with E-state index in [9.17, 15) is 4.79 Å². The SMILES string of the molecule is O=C(c1ccc(C2CCC2)cc1)C1CCCC1. The summed E-state index contributed by atoms with van der Waals surface area (Å²) < 4.78 is 0. The zero-order valence-corrected chi connectivity index (χ0v) is 10.3. The molecule has 1 nitrogen and oxygen atoms in total. The van der Waals surface area contributed by atoms with Gasteiger partial charge in [-0.1, -0.05) is 43.5 Å². The van der Waals surface area contributed by atoms with Crippen LogP contribution in [0.15, 0.2) is 24.3 Å². The zero-order valence-electron chi connectivity index (χ0n) is 10.3. The molecule has 0 saturated heterocycles. The molecule has 0 heterocycles. The Labute approximate surface area is 103 Å².